The lowest BCUT2D eigenvalue weighted by atomic mass is 10.2. The van der Waals surface area contributed by atoms with Crippen LogP contribution in [0.2, 0.25) is 0 Å². The van der Waals surface area contributed by atoms with Gasteiger partial charge in [-0.3, -0.25) is 15.3 Å². The molecule has 0 saturated carbocycles. The summed E-state index contributed by atoms with van der Waals surface area (Å²) in [7, 11) is 0. The number of guanidine groups is 2. The number of rotatable bonds is 10. The summed E-state index contributed by atoms with van der Waals surface area (Å²) in [5, 5.41) is 2.82. The standard InChI is InChI=1S/C14H31N5/c1-3-5-7-9-11-17-13(15)19-14(16)18-12-10-8-6-4-2/h3-12H2,1-2H3,(H5,15,16,17,18,19). The van der Waals surface area contributed by atoms with Gasteiger partial charge in [0.15, 0.2) is 11.9 Å². The molecule has 0 aliphatic carbocycles. The van der Waals surface area contributed by atoms with Crippen molar-refractivity contribution >= 4 is 11.9 Å². The topological polar surface area (TPSA) is 88.8 Å². The van der Waals surface area contributed by atoms with E-state index in [4.69, 9.17) is 11.5 Å². The molecule has 19 heavy (non-hydrogen) atoms. The number of nitrogens with zero attached hydrogens (tertiary/aromatic N) is 2. The summed E-state index contributed by atoms with van der Waals surface area (Å²) in [6.45, 7) is 5.89. The molecule has 0 bridgehead atoms. The molecule has 0 aromatic carbocycles. The number of nitrogens with one attached hydrogen (secondary N) is 1. The second-order valence-corrected chi connectivity index (χ2v) is 4.78. The summed E-state index contributed by atoms with van der Waals surface area (Å²) in [4.78, 5) is 8.43. The van der Waals surface area contributed by atoms with Crippen molar-refractivity contribution in [3.8, 4) is 0 Å². The van der Waals surface area contributed by atoms with Crippen LogP contribution in [-0.4, -0.2) is 25.0 Å². The molecule has 0 spiro atoms. The Hall–Kier alpha value is -1.26. The predicted molar refractivity (Wildman–Crippen MR) is 84.4 cm³/mol. The molecule has 0 unspecified atom stereocenters. The van der Waals surface area contributed by atoms with Crippen LogP contribution in [0.5, 0.6) is 0 Å². The van der Waals surface area contributed by atoms with Gasteiger partial charge in [0, 0.05) is 13.1 Å². The molecule has 112 valence electrons. The minimum atomic E-state index is 0.367. The number of hydrogen-bond acceptors (Lipinski definition) is 2. The van der Waals surface area contributed by atoms with Crippen molar-refractivity contribution in [1.29, 1.82) is 0 Å². The van der Waals surface area contributed by atoms with Gasteiger partial charge in [0.2, 0.25) is 0 Å². The Labute approximate surface area is 118 Å². The molecule has 0 aliphatic rings. The normalized spacial score (nSPS) is 12.7. The van der Waals surface area contributed by atoms with E-state index < -0.39 is 0 Å². The van der Waals surface area contributed by atoms with E-state index in [2.05, 4.69) is 29.1 Å². The minimum absolute atomic E-state index is 0.367. The Morgan fingerprint density at radius 1 is 0.737 bits per heavy atom. The van der Waals surface area contributed by atoms with Crippen molar-refractivity contribution in [3.63, 3.8) is 0 Å². The van der Waals surface area contributed by atoms with Crippen molar-refractivity contribution in [2.75, 3.05) is 13.1 Å². The molecule has 0 saturated heterocycles. The van der Waals surface area contributed by atoms with Crippen LogP contribution in [0.3, 0.4) is 0 Å². The summed E-state index contributed by atoms with van der Waals surface area (Å²) >= 11 is 0. The van der Waals surface area contributed by atoms with Gasteiger partial charge in [0.05, 0.1) is 0 Å². The van der Waals surface area contributed by atoms with Crippen LogP contribution in [-0.2, 0) is 0 Å². The lowest BCUT2D eigenvalue weighted by molar-refractivity contribution is 0.673. The second kappa shape index (κ2) is 13.2. The fraction of sp³-hybridized carbons (Fsp3) is 0.857. The van der Waals surface area contributed by atoms with Gasteiger partial charge in [-0.1, -0.05) is 52.4 Å². The van der Waals surface area contributed by atoms with Crippen molar-refractivity contribution in [2.45, 2.75) is 65.2 Å². The van der Waals surface area contributed by atoms with Gasteiger partial charge >= 0.3 is 0 Å². The van der Waals surface area contributed by atoms with E-state index in [0.29, 0.717) is 11.9 Å². The second-order valence-electron chi connectivity index (χ2n) is 4.78. The third-order valence-corrected chi connectivity index (χ3v) is 2.84. The third-order valence-electron chi connectivity index (χ3n) is 2.84. The van der Waals surface area contributed by atoms with Gasteiger partial charge < -0.3 is 11.5 Å². The van der Waals surface area contributed by atoms with Gasteiger partial charge in [-0.05, 0) is 12.8 Å². The molecular formula is C14H31N5. The summed E-state index contributed by atoms with van der Waals surface area (Å²) < 4.78 is 0. The first-order valence-corrected chi connectivity index (χ1v) is 7.57. The van der Waals surface area contributed by atoms with Crippen LogP contribution in [0.25, 0.3) is 0 Å². The summed E-state index contributed by atoms with van der Waals surface area (Å²) in [6.07, 6.45) is 9.52. The molecule has 0 fully saturated rings. The molecule has 5 N–H and O–H groups in total. The van der Waals surface area contributed by atoms with Gasteiger partial charge in [-0.2, -0.15) is 0 Å². The molecule has 0 aromatic heterocycles. The van der Waals surface area contributed by atoms with Crippen molar-refractivity contribution in [3.05, 3.63) is 0 Å². The van der Waals surface area contributed by atoms with Crippen molar-refractivity contribution in [2.24, 2.45) is 21.5 Å². The molecule has 0 aliphatic heterocycles. The van der Waals surface area contributed by atoms with Crippen LogP contribution in [0.4, 0.5) is 0 Å². The lowest BCUT2D eigenvalue weighted by Gasteiger charge is -2.04. The summed E-state index contributed by atoms with van der Waals surface area (Å²) in [5.41, 5.74) is 11.4. The first kappa shape index (κ1) is 17.7. The fourth-order valence-corrected chi connectivity index (χ4v) is 1.69. The van der Waals surface area contributed by atoms with E-state index >= 15 is 0 Å². The first-order chi connectivity index (χ1) is 9.20. The molecular weight excluding hydrogens is 238 g/mol. The maximum atomic E-state index is 5.72. The minimum Gasteiger partial charge on any atom is -0.370 e. The van der Waals surface area contributed by atoms with Crippen molar-refractivity contribution < 1.29 is 0 Å². The highest BCUT2D eigenvalue weighted by Gasteiger charge is 1.95. The Morgan fingerprint density at radius 3 is 1.53 bits per heavy atom. The highest BCUT2D eigenvalue weighted by atomic mass is 15.2. The summed E-state index contributed by atoms with van der Waals surface area (Å²) in [6, 6.07) is 0. The van der Waals surface area contributed by atoms with E-state index in [-0.39, 0.29) is 0 Å². The number of unbranched alkanes of at least 4 members (excludes halogenated alkanes) is 6. The average molecular weight is 269 g/mol. The van der Waals surface area contributed by atoms with Gasteiger partial charge in [-0.15, -0.1) is 0 Å². The molecule has 5 nitrogen and oxygen atoms in total. The predicted octanol–water partition coefficient (Wildman–Crippen LogP) is 2.37. The fourth-order valence-electron chi connectivity index (χ4n) is 1.69. The lowest BCUT2D eigenvalue weighted by Crippen LogP contribution is -2.41. The molecule has 0 rings (SSSR count). The Morgan fingerprint density at radius 2 is 1.16 bits per heavy atom. The van der Waals surface area contributed by atoms with Crippen LogP contribution in [0.15, 0.2) is 9.98 Å². The maximum absolute atomic E-state index is 5.72. The molecule has 0 amide bonds. The molecule has 0 aromatic rings. The SMILES string of the molecule is CCCCCCN=C(N)NC(N)=NCCCCCC. The van der Waals surface area contributed by atoms with E-state index in [9.17, 15) is 0 Å². The summed E-state index contributed by atoms with van der Waals surface area (Å²) in [5.74, 6) is 0.734. The molecule has 0 heterocycles. The van der Waals surface area contributed by atoms with Crippen molar-refractivity contribution in [1.82, 2.24) is 5.32 Å². The first-order valence-electron chi connectivity index (χ1n) is 7.57. The van der Waals surface area contributed by atoms with Gasteiger partial charge in [0.1, 0.15) is 0 Å². The molecule has 5 heteroatoms. The number of nitrogens with two attached hydrogens (primary N) is 2. The van der Waals surface area contributed by atoms with E-state index in [1.807, 2.05) is 0 Å². The Bertz CT molecular complexity index is 235. The van der Waals surface area contributed by atoms with Crippen LogP contribution in [0.1, 0.15) is 65.2 Å². The molecule has 0 radical (unpaired) electrons. The Balaban J connectivity index is 3.68. The van der Waals surface area contributed by atoms with Crippen LogP contribution >= 0.6 is 0 Å². The number of aliphatic imine (C=N–C) groups is 2. The van der Waals surface area contributed by atoms with E-state index in [1.54, 1.807) is 0 Å². The van der Waals surface area contributed by atoms with E-state index in [0.717, 1.165) is 25.9 Å². The zero-order valence-electron chi connectivity index (χ0n) is 12.6. The zero-order valence-corrected chi connectivity index (χ0v) is 12.6. The van der Waals surface area contributed by atoms with Crippen LogP contribution < -0.4 is 16.8 Å². The number of hydrogen-bond donors (Lipinski definition) is 3. The maximum Gasteiger partial charge on any atom is 0.195 e. The highest BCUT2D eigenvalue weighted by Crippen LogP contribution is 1.99. The van der Waals surface area contributed by atoms with Crippen LogP contribution in [0, 0.1) is 0 Å². The zero-order chi connectivity index (χ0) is 14.3. The Kier molecular flexibility index (Phi) is 12.3. The largest absolute Gasteiger partial charge is 0.370 e. The quantitative estimate of drug-likeness (QED) is 0.323. The van der Waals surface area contributed by atoms with Gasteiger partial charge in [0.25, 0.3) is 0 Å². The molecule has 0 atom stereocenters. The smallest absolute Gasteiger partial charge is 0.195 e. The third kappa shape index (κ3) is 13.0. The van der Waals surface area contributed by atoms with E-state index in [1.165, 1.54) is 38.5 Å². The monoisotopic (exact) mass is 269 g/mol. The average Bonchev–Trinajstić information content (AvgIpc) is 2.38. The highest BCUT2D eigenvalue weighted by molar-refractivity contribution is 5.96. The van der Waals surface area contributed by atoms with Gasteiger partial charge in [-0.25, -0.2) is 0 Å².